The molecular formula is C17H14F3NO3. The molecule has 0 spiro atoms. The number of ether oxygens (including phenoxy) is 1. The Bertz CT molecular complexity index is 738. The lowest BCUT2D eigenvalue weighted by atomic mass is 9.59. The summed E-state index contributed by atoms with van der Waals surface area (Å²) in [6, 6.07) is 10.4. The number of hydrogen-bond donors (Lipinski definition) is 1. The number of carbonyl (C=O) groups is 1. The third-order valence-electron chi connectivity index (χ3n) is 4.16. The summed E-state index contributed by atoms with van der Waals surface area (Å²) in [4.78, 5) is 15.7. The monoisotopic (exact) mass is 337 g/mol. The lowest BCUT2D eigenvalue weighted by Crippen LogP contribution is -2.46. The van der Waals surface area contributed by atoms with E-state index in [9.17, 15) is 23.1 Å². The van der Waals surface area contributed by atoms with Crippen LogP contribution in [0.1, 0.15) is 30.2 Å². The molecule has 1 N–H and O–H groups in total. The number of aromatic nitrogens is 1. The predicted molar refractivity (Wildman–Crippen MR) is 78.2 cm³/mol. The van der Waals surface area contributed by atoms with Gasteiger partial charge in [0.1, 0.15) is 17.6 Å². The first-order chi connectivity index (χ1) is 11.3. The van der Waals surface area contributed by atoms with Gasteiger partial charge in [0.2, 0.25) is 0 Å². The van der Waals surface area contributed by atoms with Crippen molar-refractivity contribution >= 4 is 5.78 Å². The highest BCUT2D eigenvalue weighted by molar-refractivity contribution is 5.89. The van der Waals surface area contributed by atoms with E-state index in [4.69, 9.17) is 0 Å². The van der Waals surface area contributed by atoms with E-state index in [1.165, 1.54) is 24.4 Å². The number of aliphatic hydroxyl groups excluding tert-OH is 1. The van der Waals surface area contributed by atoms with Crippen LogP contribution in [-0.2, 0) is 10.2 Å². The van der Waals surface area contributed by atoms with Crippen molar-refractivity contribution in [3.05, 3.63) is 59.9 Å². The Morgan fingerprint density at radius 2 is 1.92 bits per heavy atom. The van der Waals surface area contributed by atoms with E-state index >= 15 is 0 Å². The fourth-order valence-electron chi connectivity index (χ4n) is 3.03. The second-order valence-corrected chi connectivity index (χ2v) is 5.78. The number of alkyl halides is 3. The molecule has 1 fully saturated rings. The molecule has 1 aromatic heterocycles. The smallest absolute Gasteiger partial charge is 0.406 e. The Morgan fingerprint density at radius 1 is 1.17 bits per heavy atom. The van der Waals surface area contributed by atoms with Gasteiger partial charge in [0.25, 0.3) is 0 Å². The molecule has 1 aliphatic rings. The van der Waals surface area contributed by atoms with Crippen molar-refractivity contribution in [2.75, 3.05) is 0 Å². The van der Waals surface area contributed by atoms with Gasteiger partial charge in [0, 0.05) is 24.5 Å². The van der Waals surface area contributed by atoms with Crippen LogP contribution in [0.5, 0.6) is 5.75 Å². The third kappa shape index (κ3) is 3.12. The minimum Gasteiger partial charge on any atom is -0.406 e. The topological polar surface area (TPSA) is 59.4 Å². The van der Waals surface area contributed by atoms with E-state index in [1.807, 2.05) is 0 Å². The molecule has 1 saturated carbocycles. The number of ketones is 1. The number of carbonyl (C=O) groups excluding carboxylic acids is 1. The van der Waals surface area contributed by atoms with Crippen LogP contribution in [-0.4, -0.2) is 22.2 Å². The second-order valence-electron chi connectivity index (χ2n) is 5.78. The summed E-state index contributed by atoms with van der Waals surface area (Å²) >= 11 is 0. The molecule has 0 unspecified atom stereocenters. The minimum absolute atomic E-state index is 0.0419. The number of pyridine rings is 1. The van der Waals surface area contributed by atoms with Gasteiger partial charge in [-0.2, -0.15) is 0 Å². The van der Waals surface area contributed by atoms with Gasteiger partial charge in [-0.1, -0.05) is 18.2 Å². The maximum Gasteiger partial charge on any atom is 0.573 e. The van der Waals surface area contributed by atoms with Gasteiger partial charge >= 0.3 is 6.36 Å². The van der Waals surface area contributed by atoms with Gasteiger partial charge in [-0.25, -0.2) is 0 Å². The molecule has 7 heteroatoms. The summed E-state index contributed by atoms with van der Waals surface area (Å²) < 4.78 is 41.2. The molecule has 1 aromatic carbocycles. The molecule has 24 heavy (non-hydrogen) atoms. The van der Waals surface area contributed by atoms with E-state index in [0.717, 1.165) is 0 Å². The molecule has 2 aromatic rings. The van der Waals surface area contributed by atoms with Gasteiger partial charge in [0.05, 0.1) is 5.69 Å². The Morgan fingerprint density at radius 3 is 2.50 bits per heavy atom. The Hall–Kier alpha value is -2.41. The highest BCUT2D eigenvalue weighted by atomic mass is 19.4. The molecule has 3 rings (SSSR count). The molecule has 0 saturated heterocycles. The summed E-state index contributed by atoms with van der Waals surface area (Å²) in [6.45, 7) is 0. The Kier molecular flexibility index (Phi) is 4.04. The second kappa shape index (κ2) is 5.90. The van der Waals surface area contributed by atoms with Crippen LogP contribution in [0.3, 0.4) is 0 Å². The number of aliphatic hydroxyl groups is 1. The van der Waals surface area contributed by atoms with Crippen LogP contribution >= 0.6 is 0 Å². The van der Waals surface area contributed by atoms with Crippen molar-refractivity contribution in [2.24, 2.45) is 0 Å². The Labute approximate surface area is 135 Å². The third-order valence-corrected chi connectivity index (χ3v) is 4.16. The zero-order chi connectivity index (χ0) is 17.4. The molecule has 0 bridgehead atoms. The Balaban J connectivity index is 1.97. The van der Waals surface area contributed by atoms with E-state index in [0.29, 0.717) is 11.3 Å². The first kappa shape index (κ1) is 16.4. The molecule has 126 valence electrons. The first-order valence-corrected chi connectivity index (χ1v) is 7.27. The average Bonchev–Trinajstić information content (AvgIpc) is 2.50. The lowest BCUT2D eigenvalue weighted by molar-refractivity contribution is -0.274. The van der Waals surface area contributed by atoms with Crippen LogP contribution in [0.2, 0.25) is 0 Å². The molecule has 1 heterocycles. The van der Waals surface area contributed by atoms with Crippen molar-refractivity contribution in [2.45, 2.75) is 30.7 Å². The maximum absolute atomic E-state index is 12.4. The number of nitrogens with zero attached hydrogens (tertiary/aromatic N) is 1. The quantitative estimate of drug-likeness (QED) is 0.930. The molecule has 1 atom stereocenters. The normalized spacial score (nSPS) is 17.9. The van der Waals surface area contributed by atoms with E-state index in [2.05, 4.69) is 9.72 Å². The van der Waals surface area contributed by atoms with Crippen LogP contribution in [0.25, 0.3) is 0 Å². The largest absolute Gasteiger partial charge is 0.573 e. The zero-order valence-corrected chi connectivity index (χ0v) is 12.5. The standard InChI is InChI=1S/C17H14F3NO3/c18-17(19,20)24-13-5-3-4-11(8-13)16(9-12(22)10-16)15(23)14-6-1-2-7-21-14/h1-8,15,23H,9-10H2/t15-/m0/s1. The molecule has 0 aliphatic heterocycles. The fourth-order valence-corrected chi connectivity index (χ4v) is 3.03. The van der Waals surface area contributed by atoms with Crippen molar-refractivity contribution < 1.29 is 27.8 Å². The highest BCUT2D eigenvalue weighted by Gasteiger charge is 2.51. The van der Waals surface area contributed by atoms with Crippen LogP contribution in [0.15, 0.2) is 48.7 Å². The van der Waals surface area contributed by atoms with E-state index < -0.39 is 17.9 Å². The summed E-state index contributed by atoms with van der Waals surface area (Å²) in [5.74, 6) is -0.445. The number of benzene rings is 1. The number of Topliss-reactive ketones (excluding diaryl/α,β-unsaturated/α-hetero) is 1. The van der Waals surface area contributed by atoms with Crippen molar-refractivity contribution in [1.29, 1.82) is 0 Å². The SMILES string of the molecule is O=C1CC(c2cccc(OC(F)(F)F)c2)([C@@H](O)c2ccccn2)C1. The van der Waals surface area contributed by atoms with Crippen LogP contribution in [0.4, 0.5) is 13.2 Å². The summed E-state index contributed by atoms with van der Waals surface area (Å²) in [5.41, 5.74) is -0.203. The molecule has 4 nitrogen and oxygen atoms in total. The number of hydrogen-bond acceptors (Lipinski definition) is 4. The van der Waals surface area contributed by atoms with Crippen LogP contribution < -0.4 is 4.74 Å². The zero-order valence-electron chi connectivity index (χ0n) is 12.5. The fraction of sp³-hybridized carbons (Fsp3) is 0.294. The molecule has 0 radical (unpaired) electrons. The minimum atomic E-state index is -4.80. The molecular weight excluding hydrogens is 323 g/mol. The van der Waals surface area contributed by atoms with Crippen molar-refractivity contribution in [3.8, 4) is 5.75 Å². The van der Waals surface area contributed by atoms with Gasteiger partial charge in [0.15, 0.2) is 0 Å². The number of rotatable bonds is 4. The van der Waals surface area contributed by atoms with Crippen molar-refractivity contribution in [1.82, 2.24) is 4.98 Å². The van der Waals surface area contributed by atoms with Gasteiger partial charge in [-0.3, -0.25) is 9.78 Å². The lowest BCUT2D eigenvalue weighted by Gasteiger charge is -2.44. The summed E-state index contributed by atoms with van der Waals surface area (Å²) in [6.07, 6.45) is -4.31. The average molecular weight is 337 g/mol. The van der Waals surface area contributed by atoms with Gasteiger partial charge in [-0.15, -0.1) is 13.2 Å². The van der Waals surface area contributed by atoms with E-state index in [1.54, 1.807) is 24.3 Å². The first-order valence-electron chi connectivity index (χ1n) is 7.27. The maximum atomic E-state index is 12.4. The van der Waals surface area contributed by atoms with E-state index in [-0.39, 0.29) is 24.4 Å². The summed E-state index contributed by atoms with van der Waals surface area (Å²) in [7, 11) is 0. The van der Waals surface area contributed by atoms with Gasteiger partial charge in [-0.05, 0) is 29.8 Å². The highest BCUT2D eigenvalue weighted by Crippen LogP contribution is 2.50. The van der Waals surface area contributed by atoms with Crippen molar-refractivity contribution in [3.63, 3.8) is 0 Å². The molecule has 0 amide bonds. The van der Waals surface area contributed by atoms with Crippen LogP contribution in [0, 0.1) is 0 Å². The summed E-state index contributed by atoms with van der Waals surface area (Å²) in [5, 5.41) is 10.7. The number of halogens is 3. The predicted octanol–water partition coefficient (Wildman–Crippen LogP) is 3.31. The van der Waals surface area contributed by atoms with Gasteiger partial charge < -0.3 is 9.84 Å². The molecule has 1 aliphatic carbocycles.